The van der Waals surface area contributed by atoms with Crippen molar-refractivity contribution in [2.75, 3.05) is 6.61 Å². The molecule has 6 rings (SSSR count). The van der Waals surface area contributed by atoms with E-state index in [9.17, 15) is 14.4 Å². The number of nitrogens with one attached hydrogen (secondary N) is 2. The second kappa shape index (κ2) is 8.90. The van der Waals surface area contributed by atoms with Crippen molar-refractivity contribution in [3.05, 3.63) is 71.3 Å². The fourth-order valence-corrected chi connectivity index (χ4v) is 7.02. The smallest absolute Gasteiger partial charge is 0.321 e. The highest BCUT2D eigenvalue weighted by Crippen LogP contribution is 2.66. The lowest BCUT2D eigenvalue weighted by molar-refractivity contribution is -0.175. The van der Waals surface area contributed by atoms with Crippen LogP contribution in [0.3, 0.4) is 0 Å². The van der Waals surface area contributed by atoms with Gasteiger partial charge in [-0.15, -0.1) is 0 Å². The van der Waals surface area contributed by atoms with Gasteiger partial charge in [0.1, 0.15) is 0 Å². The van der Waals surface area contributed by atoms with Gasteiger partial charge < -0.3 is 10.1 Å². The van der Waals surface area contributed by atoms with Gasteiger partial charge in [-0.2, -0.15) is 0 Å². The summed E-state index contributed by atoms with van der Waals surface area (Å²) in [5.74, 6) is 0.148. The normalized spacial score (nSPS) is 28.9. The third kappa shape index (κ3) is 4.46. The van der Waals surface area contributed by atoms with Gasteiger partial charge in [0.2, 0.25) is 0 Å². The summed E-state index contributed by atoms with van der Waals surface area (Å²) in [6.07, 6.45) is 5.91. The zero-order chi connectivity index (χ0) is 23.8. The van der Waals surface area contributed by atoms with Crippen molar-refractivity contribution in [2.24, 2.45) is 17.3 Å². The van der Waals surface area contributed by atoms with Crippen molar-refractivity contribution < 1.29 is 19.1 Å². The van der Waals surface area contributed by atoms with Crippen LogP contribution in [0.1, 0.15) is 55.2 Å². The Morgan fingerprint density at radius 3 is 2.29 bits per heavy atom. The molecule has 0 saturated heterocycles. The molecule has 4 fully saturated rings. The van der Waals surface area contributed by atoms with Crippen LogP contribution in [0.25, 0.3) is 0 Å². The molecule has 2 aromatic rings. The number of carbonyl (C=O) groups is 3. The summed E-state index contributed by atoms with van der Waals surface area (Å²) in [6, 6.07) is 17.6. The van der Waals surface area contributed by atoms with E-state index in [1.807, 2.05) is 30.3 Å². The summed E-state index contributed by atoms with van der Waals surface area (Å²) in [6.45, 7) is 1.97. The number of esters is 1. The lowest BCUT2D eigenvalue weighted by Crippen LogP contribution is -2.57. The molecule has 0 aromatic heterocycles. The van der Waals surface area contributed by atoms with E-state index in [2.05, 4.69) is 41.8 Å². The molecule has 2 aromatic carbocycles. The number of benzene rings is 2. The van der Waals surface area contributed by atoms with E-state index in [1.54, 1.807) is 0 Å². The molecule has 3 amide bonds. The number of hydrogen-bond acceptors (Lipinski definition) is 4. The predicted molar refractivity (Wildman–Crippen MR) is 128 cm³/mol. The first-order valence-electron chi connectivity index (χ1n) is 12.2. The first-order valence-corrected chi connectivity index (χ1v) is 12.2. The quantitative estimate of drug-likeness (QED) is 0.626. The number of ether oxygens (including phenoxy) is 1. The summed E-state index contributed by atoms with van der Waals surface area (Å²) in [4.78, 5) is 37.6. The van der Waals surface area contributed by atoms with Crippen molar-refractivity contribution in [2.45, 2.75) is 57.4 Å². The average molecular weight is 461 g/mol. The first-order chi connectivity index (χ1) is 16.4. The van der Waals surface area contributed by atoms with Crippen LogP contribution in [-0.4, -0.2) is 24.5 Å². The molecule has 4 aliphatic rings. The fourth-order valence-electron chi connectivity index (χ4n) is 7.02. The van der Waals surface area contributed by atoms with Gasteiger partial charge in [0, 0.05) is 6.54 Å². The molecule has 4 bridgehead atoms. The van der Waals surface area contributed by atoms with E-state index in [0.717, 1.165) is 37.7 Å². The SMILES string of the molecule is Cc1ccc(C23CC4CC(CC(C(=O)OCC(=O)NC(=O)NCc5ccccc5)(C4)C2)C3)cc1. The van der Waals surface area contributed by atoms with E-state index >= 15 is 0 Å². The minimum absolute atomic E-state index is 0.0242. The van der Waals surface area contributed by atoms with E-state index in [-0.39, 0.29) is 11.4 Å². The highest BCUT2D eigenvalue weighted by Gasteiger charge is 2.61. The Kier molecular flexibility index (Phi) is 5.92. The summed E-state index contributed by atoms with van der Waals surface area (Å²) < 4.78 is 5.52. The van der Waals surface area contributed by atoms with E-state index in [0.29, 0.717) is 18.4 Å². The third-order valence-corrected chi connectivity index (χ3v) is 8.04. The zero-order valence-electron chi connectivity index (χ0n) is 19.6. The largest absolute Gasteiger partial charge is 0.455 e. The summed E-state index contributed by atoms with van der Waals surface area (Å²) >= 11 is 0. The average Bonchev–Trinajstić information content (AvgIpc) is 2.81. The van der Waals surface area contributed by atoms with E-state index in [4.69, 9.17) is 4.74 Å². The third-order valence-electron chi connectivity index (χ3n) is 8.04. The molecule has 4 aliphatic carbocycles. The summed E-state index contributed by atoms with van der Waals surface area (Å²) in [7, 11) is 0. The van der Waals surface area contributed by atoms with Gasteiger partial charge in [-0.3, -0.25) is 14.9 Å². The van der Waals surface area contributed by atoms with Gasteiger partial charge in [-0.25, -0.2) is 4.79 Å². The molecule has 178 valence electrons. The molecule has 34 heavy (non-hydrogen) atoms. The Morgan fingerprint density at radius 2 is 1.62 bits per heavy atom. The molecule has 0 heterocycles. The van der Waals surface area contributed by atoms with Crippen LogP contribution in [0.5, 0.6) is 0 Å². The van der Waals surface area contributed by atoms with E-state index in [1.165, 1.54) is 17.5 Å². The van der Waals surface area contributed by atoms with Gasteiger partial charge in [-0.05, 0) is 73.8 Å². The molecular formula is C28H32N2O4. The minimum atomic E-state index is -0.614. The first kappa shape index (κ1) is 22.6. The summed E-state index contributed by atoms with van der Waals surface area (Å²) in [5.41, 5.74) is 3.00. The molecule has 0 aliphatic heterocycles. The molecular weight excluding hydrogens is 428 g/mol. The molecule has 6 heteroatoms. The Bertz CT molecular complexity index is 1070. The van der Waals surface area contributed by atoms with Gasteiger partial charge in [-0.1, -0.05) is 60.2 Å². The number of rotatable bonds is 6. The molecule has 0 spiro atoms. The topological polar surface area (TPSA) is 84.5 Å². The van der Waals surface area contributed by atoms with Crippen LogP contribution in [0.4, 0.5) is 4.79 Å². The number of urea groups is 1. The fraction of sp³-hybridized carbons (Fsp3) is 0.464. The molecule has 2 unspecified atom stereocenters. The Hall–Kier alpha value is -3.15. The Balaban J connectivity index is 1.19. The van der Waals surface area contributed by atoms with Gasteiger partial charge >= 0.3 is 12.0 Å². The van der Waals surface area contributed by atoms with Crippen LogP contribution in [0.15, 0.2) is 54.6 Å². The van der Waals surface area contributed by atoms with Crippen molar-refractivity contribution in [3.8, 4) is 0 Å². The maximum atomic E-state index is 13.3. The second-order valence-corrected chi connectivity index (χ2v) is 10.7. The number of carbonyl (C=O) groups excluding carboxylic acids is 3. The van der Waals surface area contributed by atoms with Crippen LogP contribution >= 0.6 is 0 Å². The Labute approximate surface area is 200 Å². The van der Waals surface area contributed by atoms with Gasteiger partial charge in [0.15, 0.2) is 6.61 Å². The highest BCUT2D eigenvalue weighted by molar-refractivity contribution is 5.95. The van der Waals surface area contributed by atoms with Crippen molar-refractivity contribution >= 4 is 17.9 Å². The lowest BCUT2D eigenvalue weighted by Gasteiger charge is -2.61. The number of amides is 3. The Morgan fingerprint density at radius 1 is 0.941 bits per heavy atom. The number of imide groups is 1. The van der Waals surface area contributed by atoms with Crippen LogP contribution in [0.2, 0.25) is 0 Å². The zero-order valence-corrected chi connectivity index (χ0v) is 19.6. The minimum Gasteiger partial charge on any atom is -0.455 e. The van der Waals surface area contributed by atoms with Crippen molar-refractivity contribution in [1.29, 1.82) is 0 Å². The van der Waals surface area contributed by atoms with Gasteiger partial charge in [0.05, 0.1) is 5.41 Å². The predicted octanol–water partition coefficient (Wildman–Crippen LogP) is 4.40. The van der Waals surface area contributed by atoms with Crippen molar-refractivity contribution in [1.82, 2.24) is 10.6 Å². The van der Waals surface area contributed by atoms with Crippen LogP contribution < -0.4 is 10.6 Å². The molecule has 2 atom stereocenters. The lowest BCUT2D eigenvalue weighted by atomic mass is 9.43. The van der Waals surface area contributed by atoms with Crippen LogP contribution in [-0.2, 0) is 26.3 Å². The molecule has 0 radical (unpaired) electrons. The van der Waals surface area contributed by atoms with Gasteiger partial charge in [0.25, 0.3) is 5.91 Å². The molecule has 6 nitrogen and oxygen atoms in total. The number of aryl methyl sites for hydroxylation is 1. The van der Waals surface area contributed by atoms with Crippen LogP contribution in [0, 0.1) is 24.2 Å². The maximum Gasteiger partial charge on any atom is 0.321 e. The second-order valence-electron chi connectivity index (χ2n) is 10.7. The monoisotopic (exact) mass is 460 g/mol. The van der Waals surface area contributed by atoms with E-state index < -0.39 is 24.0 Å². The standard InChI is InChI=1S/C28H32N2O4/c1-19-7-9-23(10-8-19)27-12-21-11-22(13-27)15-28(14-21,18-27)25(32)34-17-24(31)30-26(33)29-16-20-5-3-2-4-6-20/h2-10,21-22H,11-18H2,1H3,(H2,29,30,31,33). The number of hydrogen-bond donors (Lipinski definition) is 2. The summed E-state index contributed by atoms with van der Waals surface area (Å²) in [5, 5.41) is 4.89. The molecule has 4 saturated carbocycles. The van der Waals surface area contributed by atoms with Crippen molar-refractivity contribution in [3.63, 3.8) is 0 Å². The highest BCUT2D eigenvalue weighted by atomic mass is 16.5. The maximum absolute atomic E-state index is 13.3. The molecule has 2 N–H and O–H groups in total.